The van der Waals surface area contributed by atoms with Crippen LogP contribution in [-0.4, -0.2) is 109 Å². The highest BCUT2D eigenvalue weighted by molar-refractivity contribution is 5.69. The largest absolute Gasteiger partial charge is 0.456 e. The number of carbonyl (C=O) groups is 6. The van der Waals surface area contributed by atoms with Gasteiger partial charge in [-0.3, -0.25) is 28.8 Å². The Hall–Kier alpha value is -3.34. The fraction of sp³-hybridized carbons (Fsp3) is 0.739. The summed E-state index contributed by atoms with van der Waals surface area (Å²) in [7, 11) is 0. The van der Waals surface area contributed by atoms with Crippen molar-refractivity contribution in [2.45, 2.75) is 96.9 Å². The molecule has 16 heteroatoms. The molecule has 39 heavy (non-hydrogen) atoms. The maximum atomic E-state index is 11.8. The van der Waals surface area contributed by atoms with Crippen LogP contribution in [0, 0.1) is 0 Å². The van der Waals surface area contributed by atoms with E-state index in [1.165, 1.54) is 0 Å². The van der Waals surface area contributed by atoms with Gasteiger partial charge in [-0.05, 0) is 0 Å². The Bertz CT molecular complexity index is 933. The van der Waals surface area contributed by atoms with Crippen molar-refractivity contribution < 1.29 is 76.5 Å². The van der Waals surface area contributed by atoms with Crippen molar-refractivity contribution in [1.29, 1.82) is 0 Å². The lowest BCUT2D eigenvalue weighted by atomic mass is 9.98. The second-order valence-corrected chi connectivity index (χ2v) is 8.62. The summed E-state index contributed by atoms with van der Waals surface area (Å²) in [5.41, 5.74) is 0. The monoisotopic (exact) mass is 564 g/mol. The predicted octanol–water partition coefficient (Wildman–Crippen LogP) is -1.33. The SMILES string of the molecule is CC(=O)O[C@@H]1[C@@H](OC(C)=O)[C@H](O)O[C@H](CO[C@@H]2OC[C@@H](OC(C)=O)[C@H](OC(C)=O)[C@H]2OC(C)=O)[C@@H]1OC(C)=O. The molecule has 220 valence electrons. The minimum atomic E-state index is -1.84. The average Bonchev–Trinajstić information content (AvgIpc) is 2.78. The first-order chi connectivity index (χ1) is 18.2. The molecule has 9 atom stereocenters. The van der Waals surface area contributed by atoms with Crippen LogP contribution in [0.25, 0.3) is 0 Å². The molecule has 0 aromatic carbocycles. The van der Waals surface area contributed by atoms with Crippen molar-refractivity contribution in [2.75, 3.05) is 13.2 Å². The van der Waals surface area contributed by atoms with Gasteiger partial charge in [-0.25, -0.2) is 0 Å². The molecule has 16 nitrogen and oxygen atoms in total. The molecule has 0 radical (unpaired) electrons. The molecule has 0 aromatic heterocycles. The number of aliphatic hydroxyl groups is 1. The minimum Gasteiger partial charge on any atom is -0.456 e. The van der Waals surface area contributed by atoms with Crippen LogP contribution < -0.4 is 0 Å². The Labute approximate surface area is 223 Å². The predicted molar refractivity (Wildman–Crippen MR) is 120 cm³/mol. The zero-order valence-corrected chi connectivity index (χ0v) is 22.2. The van der Waals surface area contributed by atoms with Crippen LogP contribution in [0.15, 0.2) is 0 Å². The summed E-state index contributed by atoms with van der Waals surface area (Å²) in [6.45, 7) is 5.60. The van der Waals surface area contributed by atoms with Gasteiger partial charge in [0.25, 0.3) is 0 Å². The van der Waals surface area contributed by atoms with E-state index in [-0.39, 0.29) is 6.61 Å². The van der Waals surface area contributed by atoms with E-state index in [0.29, 0.717) is 0 Å². The van der Waals surface area contributed by atoms with E-state index < -0.39 is 97.7 Å². The second kappa shape index (κ2) is 14.2. The van der Waals surface area contributed by atoms with E-state index >= 15 is 0 Å². The Balaban J connectivity index is 2.32. The molecule has 2 saturated heterocycles. The Morgan fingerprint density at radius 1 is 0.615 bits per heavy atom. The Morgan fingerprint density at radius 3 is 1.56 bits per heavy atom. The van der Waals surface area contributed by atoms with Crippen molar-refractivity contribution in [3.63, 3.8) is 0 Å². The van der Waals surface area contributed by atoms with Gasteiger partial charge in [0.2, 0.25) is 0 Å². The minimum absolute atomic E-state index is 0.327. The number of hydrogen-bond donors (Lipinski definition) is 1. The molecule has 0 unspecified atom stereocenters. The molecule has 2 aliphatic heterocycles. The number of hydrogen-bond acceptors (Lipinski definition) is 16. The van der Waals surface area contributed by atoms with Gasteiger partial charge in [-0.1, -0.05) is 0 Å². The van der Waals surface area contributed by atoms with Gasteiger partial charge < -0.3 is 47.7 Å². The maximum absolute atomic E-state index is 11.8. The summed E-state index contributed by atoms with van der Waals surface area (Å²) in [5, 5.41) is 10.5. The van der Waals surface area contributed by atoms with Gasteiger partial charge in [-0.15, -0.1) is 0 Å². The third-order valence-corrected chi connectivity index (χ3v) is 5.24. The first-order valence-corrected chi connectivity index (χ1v) is 11.8. The van der Waals surface area contributed by atoms with Crippen molar-refractivity contribution in [2.24, 2.45) is 0 Å². The summed E-state index contributed by atoms with van der Waals surface area (Å²) in [6.07, 6.45) is -13.0. The van der Waals surface area contributed by atoms with E-state index in [2.05, 4.69) is 0 Å². The summed E-state index contributed by atoms with van der Waals surface area (Å²) in [4.78, 5) is 70.3. The molecule has 0 aliphatic carbocycles. The fourth-order valence-electron chi connectivity index (χ4n) is 4.05. The molecule has 2 fully saturated rings. The molecular weight excluding hydrogens is 532 g/mol. The van der Waals surface area contributed by atoms with Crippen molar-refractivity contribution in [3.8, 4) is 0 Å². The van der Waals surface area contributed by atoms with Crippen LogP contribution in [0.2, 0.25) is 0 Å². The van der Waals surface area contributed by atoms with Crippen molar-refractivity contribution in [3.05, 3.63) is 0 Å². The molecular formula is C23H32O16. The lowest BCUT2D eigenvalue weighted by Gasteiger charge is -2.44. The number of ether oxygens (including phenoxy) is 9. The van der Waals surface area contributed by atoms with Gasteiger partial charge in [0.05, 0.1) is 13.2 Å². The quantitative estimate of drug-likeness (QED) is 0.254. The van der Waals surface area contributed by atoms with E-state index in [0.717, 1.165) is 41.5 Å². The molecule has 2 heterocycles. The average molecular weight is 564 g/mol. The molecule has 0 amide bonds. The van der Waals surface area contributed by atoms with Crippen LogP contribution in [0.3, 0.4) is 0 Å². The van der Waals surface area contributed by atoms with Gasteiger partial charge >= 0.3 is 35.8 Å². The number of rotatable bonds is 9. The number of esters is 6. The van der Waals surface area contributed by atoms with Crippen LogP contribution >= 0.6 is 0 Å². The zero-order chi connectivity index (χ0) is 29.4. The lowest BCUT2D eigenvalue weighted by molar-refractivity contribution is -0.317. The van der Waals surface area contributed by atoms with Gasteiger partial charge in [0, 0.05) is 41.5 Å². The van der Waals surface area contributed by atoms with Crippen molar-refractivity contribution in [1.82, 2.24) is 0 Å². The summed E-state index contributed by atoms with van der Waals surface area (Å²) in [5.74, 6) is -4.79. The zero-order valence-electron chi connectivity index (χ0n) is 22.2. The van der Waals surface area contributed by atoms with Gasteiger partial charge in [-0.2, -0.15) is 0 Å². The van der Waals surface area contributed by atoms with E-state index in [4.69, 9.17) is 42.6 Å². The van der Waals surface area contributed by atoms with Crippen LogP contribution in [0.1, 0.15) is 41.5 Å². The third kappa shape index (κ3) is 9.42. The van der Waals surface area contributed by atoms with Crippen molar-refractivity contribution >= 4 is 35.8 Å². The molecule has 0 aromatic rings. The molecule has 1 N–H and O–H groups in total. The Morgan fingerprint density at radius 2 is 1.05 bits per heavy atom. The molecule has 0 spiro atoms. The van der Waals surface area contributed by atoms with Crippen LogP contribution in [0.5, 0.6) is 0 Å². The van der Waals surface area contributed by atoms with E-state index in [9.17, 15) is 33.9 Å². The highest BCUT2D eigenvalue weighted by Gasteiger charge is 2.53. The van der Waals surface area contributed by atoms with E-state index in [1.54, 1.807) is 0 Å². The lowest BCUT2D eigenvalue weighted by Crippen LogP contribution is -2.63. The molecule has 0 saturated carbocycles. The molecule has 2 rings (SSSR count). The smallest absolute Gasteiger partial charge is 0.303 e. The first kappa shape index (κ1) is 31.9. The highest BCUT2D eigenvalue weighted by atomic mass is 16.7. The second-order valence-electron chi connectivity index (χ2n) is 8.62. The van der Waals surface area contributed by atoms with E-state index in [1.807, 2.05) is 0 Å². The van der Waals surface area contributed by atoms with Gasteiger partial charge in [0.15, 0.2) is 49.2 Å². The third-order valence-electron chi connectivity index (χ3n) is 5.24. The molecule has 0 bridgehead atoms. The first-order valence-electron chi connectivity index (χ1n) is 11.8. The maximum Gasteiger partial charge on any atom is 0.303 e. The number of aliphatic hydroxyl groups excluding tert-OH is 1. The van der Waals surface area contributed by atoms with Gasteiger partial charge in [0.1, 0.15) is 6.10 Å². The fourth-order valence-corrected chi connectivity index (χ4v) is 4.05. The summed E-state index contributed by atoms with van der Waals surface area (Å²) >= 11 is 0. The van der Waals surface area contributed by atoms with Crippen LogP contribution in [0.4, 0.5) is 0 Å². The highest BCUT2D eigenvalue weighted by Crippen LogP contribution is 2.30. The summed E-state index contributed by atoms with van der Waals surface area (Å²) < 4.78 is 47.9. The topological polar surface area (TPSA) is 206 Å². The Kier molecular flexibility index (Phi) is 11.6. The summed E-state index contributed by atoms with van der Waals surface area (Å²) in [6, 6.07) is 0. The normalized spacial score (nSPS) is 32.2. The standard InChI is InChI=1S/C23H32O16/c1-9(24)33-15-7-31-23(21(38-14(6)29)18(15)35-11(3)26)32-8-16-17(34-10(2)25)19(36-12(4)27)20(22(30)39-16)37-13(5)28/h15-23,30H,7-8H2,1-6H3/t15-,16-,17+,18+,19+,20-,21-,22-,23+/m1/s1. The number of carbonyl (C=O) groups excluding carboxylic acids is 6. The van der Waals surface area contributed by atoms with Crippen LogP contribution in [-0.2, 0) is 71.4 Å². The molecule has 2 aliphatic rings.